The van der Waals surface area contributed by atoms with Gasteiger partial charge in [-0.25, -0.2) is 0 Å². The molecule has 1 amide bonds. The third-order valence-corrected chi connectivity index (χ3v) is 15.7. The van der Waals surface area contributed by atoms with E-state index in [1.807, 2.05) is 6.08 Å². The number of unbranched alkanes of at least 4 members (excludes halogenated alkanes) is 33. The first-order chi connectivity index (χ1) is 38.6. The second-order valence-electron chi connectivity index (χ2n) is 22.9. The van der Waals surface area contributed by atoms with Gasteiger partial charge in [0, 0.05) is 6.42 Å². The lowest BCUT2D eigenvalue weighted by Crippen LogP contribution is -2.65. The maximum Gasteiger partial charge on any atom is 0.220 e. The molecule has 0 spiro atoms. The molecule has 0 aromatic rings. The van der Waals surface area contributed by atoms with Gasteiger partial charge in [0.15, 0.2) is 12.6 Å². The normalized spacial score (nSPS) is 24.7. The van der Waals surface area contributed by atoms with Gasteiger partial charge >= 0.3 is 0 Å². The zero-order valence-corrected chi connectivity index (χ0v) is 49.9. The summed E-state index contributed by atoms with van der Waals surface area (Å²) in [5.41, 5.74) is 0. The zero-order chi connectivity index (χ0) is 57.4. The summed E-state index contributed by atoms with van der Waals surface area (Å²) in [5, 5.41) is 87.2. The van der Waals surface area contributed by atoms with Crippen LogP contribution < -0.4 is 5.32 Å². The summed E-state index contributed by atoms with van der Waals surface area (Å²) < 4.78 is 22.8. The summed E-state index contributed by atoms with van der Waals surface area (Å²) in [6, 6.07) is -0.937. The lowest BCUT2D eigenvalue weighted by Gasteiger charge is -2.46. The SMILES string of the molecule is CCCCC/C=C\C/C=C\CCCCCCCCCC(=O)NC(COC1OC(CO)C(OC2OC(CO)C(O)C(O)C2O)C(O)C1O)C(O)/C=C/CC/C=C/CCCCCCCCCCCCCCCCCCCCCCCC. The fourth-order valence-corrected chi connectivity index (χ4v) is 10.5. The van der Waals surface area contributed by atoms with Crippen LogP contribution in [0.2, 0.25) is 0 Å². The molecule has 0 aliphatic carbocycles. The summed E-state index contributed by atoms with van der Waals surface area (Å²) in [7, 11) is 0. The van der Waals surface area contributed by atoms with Crippen LogP contribution in [0.4, 0.5) is 0 Å². The Morgan fingerprint density at radius 2 is 0.848 bits per heavy atom. The molecule has 2 aliphatic heterocycles. The molecule has 0 radical (unpaired) electrons. The highest BCUT2D eigenvalue weighted by molar-refractivity contribution is 5.76. The average molecular weight is 1120 g/mol. The molecular weight excluding hydrogens is 1000 g/mol. The molecule has 2 fully saturated rings. The third kappa shape index (κ3) is 35.6. The Kier molecular flexibility index (Phi) is 46.7. The molecule has 2 aliphatic rings. The van der Waals surface area contributed by atoms with Gasteiger partial charge in [0.2, 0.25) is 5.91 Å². The standard InChI is InChI=1S/C65H119NO13/c1-3-5-7-9-11-13-15-17-19-21-22-23-24-25-26-27-28-29-30-31-33-34-36-38-40-42-44-46-48-54(69)53(66-57(70)49-47-45-43-41-39-37-35-32-20-18-16-14-12-10-8-6-4-2)52-76-64-62(75)60(73)63(56(51-68)78-64)79-65-61(74)59(72)58(71)55(50-67)77-65/h12,14,18,20,38,40,46,48,53-56,58-65,67-69,71-75H,3-11,13,15-17,19,21-37,39,41-45,47,49-52H2,1-2H3,(H,66,70)/b14-12-,20-18-,40-38+,48-46+. The van der Waals surface area contributed by atoms with Crippen molar-refractivity contribution < 1.29 is 64.6 Å². The number of hydrogen-bond acceptors (Lipinski definition) is 13. The predicted octanol–water partition coefficient (Wildman–Crippen LogP) is 12.0. The van der Waals surface area contributed by atoms with E-state index in [-0.39, 0.29) is 18.9 Å². The number of rotatable bonds is 52. The highest BCUT2D eigenvalue weighted by Gasteiger charge is 2.51. The molecule has 2 rings (SSSR count). The molecule has 12 unspecified atom stereocenters. The van der Waals surface area contributed by atoms with Gasteiger partial charge in [-0.3, -0.25) is 4.79 Å². The molecular formula is C65H119NO13. The minimum Gasteiger partial charge on any atom is -0.394 e. The number of carbonyl (C=O) groups is 1. The van der Waals surface area contributed by atoms with Crippen LogP contribution in [0.1, 0.15) is 264 Å². The van der Waals surface area contributed by atoms with Crippen molar-refractivity contribution in [1.29, 1.82) is 0 Å². The van der Waals surface area contributed by atoms with Crippen molar-refractivity contribution in [2.75, 3.05) is 19.8 Å². The number of nitrogens with one attached hydrogen (secondary N) is 1. The van der Waals surface area contributed by atoms with Crippen molar-refractivity contribution >= 4 is 5.91 Å². The van der Waals surface area contributed by atoms with Crippen molar-refractivity contribution in [3.05, 3.63) is 48.6 Å². The molecule has 2 saturated heterocycles. The van der Waals surface area contributed by atoms with Gasteiger partial charge < -0.3 is 65.1 Å². The molecule has 2 heterocycles. The number of carbonyl (C=O) groups excluding carboxylic acids is 1. The first-order valence-electron chi connectivity index (χ1n) is 32.4. The van der Waals surface area contributed by atoms with E-state index in [1.165, 1.54) is 180 Å². The molecule has 9 N–H and O–H groups in total. The molecule has 79 heavy (non-hydrogen) atoms. The van der Waals surface area contributed by atoms with Crippen LogP contribution in [-0.4, -0.2) is 140 Å². The number of hydrogen-bond donors (Lipinski definition) is 9. The lowest BCUT2D eigenvalue weighted by atomic mass is 9.97. The minimum absolute atomic E-state index is 0.256. The van der Waals surface area contributed by atoms with E-state index < -0.39 is 86.8 Å². The Labute approximate surface area is 480 Å². The number of aliphatic hydroxyl groups is 8. The molecule has 12 atom stereocenters. The Bertz CT molecular complexity index is 1510. The Morgan fingerprint density at radius 3 is 1.34 bits per heavy atom. The molecule has 0 bridgehead atoms. The summed E-state index contributed by atoms with van der Waals surface area (Å²) in [4.78, 5) is 13.3. The maximum absolute atomic E-state index is 13.3. The second kappa shape index (κ2) is 50.5. The number of amides is 1. The van der Waals surface area contributed by atoms with E-state index >= 15 is 0 Å². The van der Waals surface area contributed by atoms with E-state index in [0.29, 0.717) is 12.8 Å². The minimum atomic E-state index is -1.79. The van der Waals surface area contributed by atoms with Crippen molar-refractivity contribution in [3.8, 4) is 0 Å². The maximum atomic E-state index is 13.3. The molecule has 14 nitrogen and oxygen atoms in total. The topological polar surface area (TPSA) is 228 Å². The quantitative estimate of drug-likeness (QED) is 0.0204. The highest BCUT2D eigenvalue weighted by Crippen LogP contribution is 2.30. The van der Waals surface area contributed by atoms with Gasteiger partial charge in [0.1, 0.15) is 48.8 Å². The van der Waals surface area contributed by atoms with E-state index in [1.54, 1.807) is 6.08 Å². The second-order valence-corrected chi connectivity index (χ2v) is 22.9. The van der Waals surface area contributed by atoms with Crippen LogP contribution in [0.15, 0.2) is 48.6 Å². The van der Waals surface area contributed by atoms with Crippen LogP contribution in [0.5, 0.6) is 0 Å². The van der Waals surface area contributed by atoms with Gasteiger partial charge in [0.05, 0.1) is 32.0 Å². The van der Waals surface area contributed by atoms with Gasteiger partial charge in [-0.05, 0) is 64.2 Å². The smallest absolute Gasteiger partial charge is 0.220 e. The molecule has 0 saturated carbocycles. The van der Waals surface area contributed by atoms with Gasteiger partial charge in [0.25, 0.3) is 0 Å². The van der Waals surface area contributed by atoms with Crippen molar-refractivity contribution in [1.82, 2.24) is 5.32 Å². The van der Waals surface area contributed by atoms with Crippen LogP contribution in [0.3, 0.4) is 0 Å². The Morgan fingerprint density at radius 1 is 0.456 bits per heavy atom. The summed E-state index contributed by atoms with van der Waals surface area (Å²) >= 11 is 0. The predicted molar refractivity (Wildman–Crippen MR) is 318 cm³/mol. The average Bonchev–Trinajstić information content (AvgIpc) is 3.47. The summed E-state index contributed by atoms with van der Waals surface area (Å²) in [6.07, 6.45) is 47.4. The number of aliphatic hydroxyl groups excluding tert-OH is 8. The van der Waals surface area contributed by atoms with Crippen LogP contribution in [-0.2, 0) is 23.7 Å². The molecule has 0 aromatic heterocycles. The van der Waals surface area contributed by atoms with Crippen molar-refractivity contribution in [2.24, 2.45) is 0 Å². The van der Waals surface area contributed by atoms with E-state index in [2.05, 4.69) is 55.6 Å². The lowest BCUT2D eigenvalue weighted by molar-refractivity contribution is -0.359. The first-order valence-corrected chi connectivity index (χ1v) is 32.4. The van der Waals surface area contributed by atoms with Crippen LogP contribution >= 0.6 is 0 Å². The Balaban J connectivity index is 1.73. The fourth-order valence-electron chi connectivity index (χ4n) is 10.5. The third-order valence-electron chi connectivity index (χ3n) is 15.7. The number of ether oxygens (including phenoxy) is 4. The summed E-state index contributed by atoms with van der Waals surface area (Å²) in [5.74, 6) is -0.256. The fraction of sp³-hybridized carbons (Fsp3) is 0.862. The monoisotopic (exact) mass is 1120 g/mol. The number of allylic oxidation sites excluding steroid dienone is 7. The van der Waals surface area contributed by atoms with Gasteiger partial charge in [-0.15, -0.1) is 0 Å². The van der Waals surface area contributed by atoms with E-state index in [0.717, 1.165) is 51.4 Å². The Hall–Kier alpha value is -2.05. The largest absolute Gasteiger partial charge is 0.394 e. The van der Waals surface area contributed by atoms with Gasteiger partial charge in [-0.1, -0.05) is 242 Å². The molecule has 462 valence electrons. The molecule has 14 heteroatoms. The molecule has 0 aromatic carbocycles. The summed E-state index contributed by atoms with van der Waals surface area (Å²) in [6.45, 7) is 2.77. The van der Waals surface area contributed by atoms with Crippen molar-refractivity contribution in [2.45, 2.75) is 338 Å². The van der Waals surface area contributed by atoms with Crippen molar-refractivity contribution in [3.63, 3.8) is 0 Å². The first kappa shape index (κ1) is 73.1. The van der Waals surface area contributed by atoms with Crippen LogP contribution in [0, 0.1) is 0 Å². The van der Waals surface area contributed by atoms with Gasteiger partial charge in [-0.2, -0.15) is 0 Å². The van der Waals surface area contributed by atoms with E-state index in [9.17, 15) is 45.6 Å². The van der Waals surface area contributed by atoms with E-state index in [4.69, 9.17) is 18.9 Å². The zero-order valence-electron chi connectivity index (χ0n) is 49.9. The highest BCUT2D eigenvalue weighted by atomic mass is 16.7. The van der Waals surface area contributed by atoms with Crippen LogP contribution in [0.25, 0.3) is 0 Å².